The van der Waals surface area contributed by atoms with Crippen molar-refractivity contribution in [3.05, 3.63) is 29.8 Å². The molecule has 0 spiro atoms. The van der Waals surface area contributed by atoms with Gasteiger partial charge in [0, 0.05) is 12.2 Å². The smallest absolute Gasteiger partial charge is 0.308 e. The topological polar surface area (TPSA) is 60.8 Å². The van der Waals surface area contributed by atoms with E-state index in [-0.39, 0.29) is 18.1 Å². The fourth-order valence-corrected chi connectivity index (χ4v) is 3.56. The summed E-state index contributed by atoms with van der Waals surface area (Å²) in [5.41, 5.74) is 2.19. The number of hydrogen-bond donors (Lipinski definition) is 2. The van der Waals surface area contributed by atoms with Crippen LogP contribution in [0.2, 0.25) is 0 Å². The van der Waals surface area contributed by atoms with Gasteiger partial charge in [0.1, 0.15) is 0 Å². The van der Waals surface area contributed by atoms with Crippen molar-refractivity contribution in [2.45, 2.75) is 44.2 Å². The molecule has 1 aliphatic carbocycles. The third kappa shape index (κ3) is 2.40. The Hall–Kier alpha value is -1.55. The van der Waals surface area contributed by atoms with Gasteiger partial charge in [-0.2, -0.15) is 0 Å². The molecule has 0 radical (unpaired) electrons. The van der Waals surface area contributed by atoms with E-state index in [1.54, 1.807) is 0 Å². The molecule has 0 saturated heterocycles. The highest BCUT2D eigenvalue weighted by Crippen LogP contribution is 2.35. The van der Waals surface area contributed by atoms with E-state index in [4.69, 9.17) is 0 Å². The highest BCUT2D eigenvalue weighted by molar-refractivity contribution is 5.74. The normalized spacial score (nSPS) is 29.9. The molecule has 0 aromatic heterocycles. The maximum Gasteiger partial charge on any atom is 0.308 e. The number of aliphatic hydroxyl groups excluding tert-OH is 1. The van der Waals surface area contributed by atoms with Gasteiger partial charge < -0.3 is 15.1 Å². The molecule has 1 aromatic carbocycles. The number of benzene rings is 1. The predicted octanol–water partition coefficient (Wildman–Crippen LogP) is 2.05. The summed E-state index contributed by atoms with van der Waals surface area (Å²) in [4.78, 5) is 13.5. The van der Waals surface area contributed by atoms with Gasteiger partial charge in [-0.1, -0.05) is 31.0 Å². The molecule has 3 rings (SSSR count). The zero-order valence-corrected chi connectivity index (χ0v) is 11.5. The molecular formula is C16H21NO3. The molecule has 1 heterocycles. The quantitative estimate of drug-likeness (QED) is 0.867. The van der Waals surface area contributed by atoms with E-state index in [1.807, 2.05) is 18.2 Å². The Bertz CT molecular complexity index is 502. The van der Waals surface area contributed by atoms with Gasteiger partial charge in [0.15, 0.2) is 0 Å². The van der Waals surface area contributed by atoms with Crippen LogP contribution in [0.1, 0.15) is 31.2 Å². The van der Waals surface area contributed by atoms with Crippen LogP contribution in [-0.2, 0) is 11.2 Å². The summed E-state index contributed by atoms with van der Waals surface area (Å²) in [5.74, 6) is -1.12. The zero-order chi connectivity index (χ0) is 14.1. The molecule has 3 atom stereocenters. The van der Waals surface area contributed by atoms with Crippen molar-refractivity contribution < 1.29 is 15.0 Å². The molecule has 0 amide bonds. The van der Waals surface area contributed by atoms with Crippen molar-refractivity contribution >= 4 is 11.7 Å². The first kappa shape index (κ1) is 13.4. The summed E-state index contributed by atoms with van der Waals surface area (Å²) in [6.45, 7) is 0.508. The fraction of sp³-hybridized carbons (Fsp3) is 0.562. The van der Waals surface area contributed by atoms with E-state index in [9.17, 15) is 15.0 Å². The van der Waals surface area contributed by atoms with Crippen LogP contribution in [0.15, 0.2) is 24.3 Å². The van der Waals surface area contributed by atoms with Gasteiger partial charge in [-0.3, -0.25) is 4.79 Å². The lowest BCUT2D eigenvalue weighted by Gasteiger charge is -2.43. The second-order valence-electron chi connectivity index (χ2n) is 5.94. The summed E-state index contributed by atoms with van der Waals surface area (Å²) >= 11 is 0. The number of aliphatic carboxylic acids is 1. The van der Waals surface area contributed by atoms with Crippen molar-refractivity contribution in [2.24, 2.45) is 5.92 Å². The number of hydrogen-bond acceptors (Lipinski definition) is 3. The highest BCUT2D eigenvalue weighted by atomic mass is 16.4. The van der Waals surface area contributed by atoms with E-state index in [0.29, 0.717) is 13.0 Å². The number of carboxylic acid groups (broad SMARTS) is 1. The lowest BCUT2D eigenvalue weighted by molar-refractivity contribution is -0.141. The fourth-order valence-electron chi connectivity index (χ4n) is 3.56. The first-order chi connectivity index (χ1) is 9.66. The Kier molecular flexibility index (Phi) is 3.66. The van der Waals surface area contributed by atoms with Crippen LogP contribution in [0, 0.1) is 5.92 Å². The van der Waals surface area contributed by atoms with Gasteiger partial charge in [0.05, 0.1) is 18.1 Å². The molecule has 2 N–H and O–H groups in total. The van der Waals surface area contributed by atoms with Gasteiger partial charge in [-0.15, -0.1) is 0 Å². The lowest BCUT2D eigenvalue weighted by Crippen LogP contribution is -2.51. The second-order valence-corrected chi connectivity index (χ2v) is 5.94. The molecular weight excluding hydrogens is 254 g/mol. The van der Waals surface area contributed by atoms with Gasteiger partial charge in [0.2, 0.25) is 0 Å². The van der Waals surface area contributed by atoms with E-state index in [0.717, 1.165) is 36.9 Å². The van der Waals surface area contributed by atoms with E-state index >= 15 is 0 Å². The van der Waals surface area contributed by atoms with Gasteiger partial charge in [-0.25, -0.2) is 0 Å². The predicted molar refractivity (Wildman–Crippen MR) is 76.9 cm³/mol. The summed E-state index contributed by atoms with van der Waals surface area (Å²) in [6.07, 6.45) is 4.19. The molecule has 1 aromatic rings. The number of aliphatic hydroxyl groups is 1. The van der Waals surface area contributed by atoms with Crippen LogP contribution in [0.25, 0.3) is 0 Å². The molecule has 2 aliphatic rings. The SMILES string of the molecule is O=C(O)C1Cc2ccccc2N(C2CCCCC2O)C1. The summed E-state index contributed by atoms with van der Waals surface area (Å²) in [5, 5.41) is 19.6. The monoisotopic (exact) mass is 275 g/mol. The summed E-state index contributed by atoms with van der Waals surface area (Å²) < 4.78 is 0. The van der Waals surface area contributed by atoms with Crippen LogP contribution in [0.5, 0.6) is 0 Å². The number of anilines is 1. The van der Waals surface area contributed by atoms with Crippen LogP contribution in [0.4, 0.5) is 5.69 Å². The lowest BCUT2D eigenvalue weighted by atomic mass is 9.86. The molecule has 3 unspecified atom stereocenters. The molecule has 1 fully saturated rings. The minimum atomic E-state index is -0.741. The maximum absolute atomic E-state index is 11.4. The van der Waals surface area contributed by atoms with Crippen molar-refractivity contribution in [1.82, 2.24) is 0 Å². The maximum atomic E-state index is 11.4. The Labute approximate surface area is 119 Å². The largest absolute Gasteiger partial charge is 0.481 e. The third-order valence-electron chi connectivity index (χ3n) is 4.63. The van der Waals surface area contributed by atoms with E-state index in [1.165, 1.54) is 0 Å². The molecule has 0 bridgehead atoms. The number of para-hydroxylation sites is 1. The second kappa shape index (κ2) is 5.44. The number of carbonyl (C=O) groups is 1. The molecule has 108 valence electrons. The van der Waals surface area contributed by atoms with Crippen LogP contribution in [0.3, 0.4) is 0 Å². The number of nitrogens with zero attached hydrogens (tertiary/aromatic N) is 1. The average Bonchev–Trinajstić information content (AvgIpc) is 2.46. The summed E-state index contributed by atoms with van der Waals surface area (Å²) in [6, 6.07) is 8.06. The van der Waals surface area contributed by atoms with Gasteiger partial charge in [-0.05, 0) is 30.9 Å². The Morgan fingerprint density at radius 2 is 1.95 bits per heavy atom. The zero-order valence-electron chi connectivity index (χ0n) is 11.5. The molecule has 4 heteroatoms. The van der Waals surface area contributed by atoms with E-state index < -0.39 is 5.97 Å². The van der Waals surface area contributed by atoms with Crippen molar-refractivity contribution in [1.29, 1.82) is 0 Å². The summed E-state index contributed by atoms with van der Waals surface area (Å²) in [7, 11) is 0. The van der Waals surface area contributed by atoms with Gasteiger partial charge >= 0.3 is 5.97 Å². The Balaban J connectivity index is 1.93. The third-order valence-corrected chi connectivity index (χ3v) is 4.63. The minimum absolute atomic E-state index is 0.0621. The molecule has 1 aliphatic heterocycles. The van der Waals surface area contributed by atoms with Crippen molar-refractivity contribution in [3.63, 3.8) is 0 Å². The highest BCUT2D eigenvalue weighted by Gasteiger charge is 2.36. The number of fused-ring (bicyclic) bond motifs is 1. The molecule has 4 nitrogen and oxygen atoms in total. The Morgan fingerprint density at radius 3 is 2.70 bits per heavy atom. The number of carboxylic acids is 1. The molecule has 20 heavy (non-hydrogen) atoms. The van der Waals surface area contributed by atoms with E-state index in [2.05, 4.69) is 11.0 Å². The molecule has 1 saturated carbocycles. The van der Waals surface area contributed by atoms with Crippen molar-refractivity contribution in [3.8, 4) is 0 Å². The van der Waals surface area contributed by atoms with Gasteiger partial charge in [0.25, 0.3) is 0 Å². The van der Waals surface area contributed by atoms with Crippen LogP contribution in [-0.4, -0.2) is 34.9 Å². The van der Waals surface area contributed by atoms with Crippen LogP contribution < -0.4 is 4.90 Å². The number of rotatable bonds is 2. The van der Waals surface area contributed by atoms with Crippen molar-refractivity contribution in [2.75, 3.05) is 11.4 Å². The standard InChI is InChI=1S/C16H21NO3/c18-15-8-4-3-7-14(15)17-10-12(16(19)20)9-11-5-1-2-6-13(11)17/h1-2,5-6,12,14-15,18H,3-4,7-10H2,(H,19,20). The minimum Gasteiger partial charge on any atom is -0.481 e. The first-order valence-corrected chi connectivity index (χ1v) is 7.42. The first-order valence-electron chi connectivity index (χ1n) is 7.42. The average molecular weight is 275 g/mol. The van der Waals surface area contributed by atoms with Crippen LogP contribution >= 0.6 is 0 Å². The Morgan fingerprint density at radius 1 is 1.20 bits per heavy atom.